The standard InChI is InChI=1S/C21H26N6O7S/c1-4-17(25-21-23-12(2)13(3)24-21)33-18-10-16(34-26-18)19(28)22-11-15(20(29)30)27-35(31,32)14-8-6-5-7-9-14/h5-10,15,17,27H,4,11H2,1-3H3,(H,22,28)(H,29,30)(H2,23,24,25). The van der Waals surface area contributed by atoms with Crippen LogP contribution in [0.5, 0.6) is 5.88 Å². The Morgan fingerprint density at radius 2 is 1.94 bits per heavy atom. The molecule has 0 spiro atoms. The lowest BCUT2D eigenvalue weighted by atomic mass is 10.3. The summed E-state index contributed by atoms with van der Waals surface area (Å²) in [6, 6.07) is 6.90. The molecule has 1 aromatic carbocycles. The quantitative estimate of drug-likeness (QED) is 0.225. The summed E-state index contributed by atoms with van der Waals surface area (Å²) in [7, 11) is -4.11. The van der Waals surface area contributed by atoms with E-state index in [9.17, 15) is 23.1 Å². The van der Waals surface area contributed by atoms with E-state index >= 15 is 0 Å². The minimum atomic E-state index is -4.11. The Morgan fingerprint density at radius 3 is 2.54 bits per heavy atom. The number of carboxylic acid groups (broad SMARTS) is 1. The van der Waals surface area contributed by atoms with Gasteiger partial charge in [0.15, 0.2) is 6.23 Å². The first-order valence-corrected chi connectivity index (χ1v) is 12.1. The topological polar surface area (TPSA) is 189 Å². The van der Waals surface area contributed by atoms with Gasteiger partial charge < -0.3 is 30.0 Å². The number of sulfonamides is 1. The fourth-order valence-electron chi connectivity index (χ4n) is 2.87. The predicted molar refractivity (Wildman–Crippen MR) is 123 cm³/mol. The highest BCUT2D eigenvalue weighted by Crippen LogP contribution is 2.16. The third-order valence-corrected chi connectivity index (χ3v) is 6.38. The van der Waals surface area contributed by atoms with E-state index in [0.29, 0.717) is 12.4 Å². The van der Waals surface area contributed by atoms with E-state index in [1.165, 1.54) is 30.3 Å². The summed E-state index contributed by atoms with van der Waals surface area (Å²) in [5.41, 5.74) is 1.75. The number of hydrogen-bond acceptors (Lipinski definition) is 9. The summed E-state index contributed by atoms with van der Waals surface area (Å²) in [6.07, 6.45) is 0.0134. The molecule has 188 valence electrons. The number of imidazole rings is 1. The molecule has 14 heteroatoms. The van der Waals surface area contributed by atoms with Crippen molar-refractivity contribution in [3.8, 4) is 5.88 Å². The molecular weight excluding hydrogens is 480 g/mol. The van der Waals surface area contributed by atoms with E-state index in [-0.39, 0.29) is 16.5 Å². The highest BCUT2D eigenvalue weighted by atomic mass is 32.2. The van der Waals surface area contributed by atoms with E-state index in [1.807, 2.05) is 20.8 Å². The molecule has 0 aliphatic carbocycles. The number of aromatic amines is 1. The van der Waals surface area contributed by atoms with Crippen LogP contribution in [0.1, 0.15) is 35.3 Å². The normalized spacial score (nSPS) is 13.1. The van der Waals surface area contributed by atoms with Crippen LogP contribution in [-0.2, 0) is 14.8 Å². The highest BCUT2D eigenvalue weighted by molar-refractivity contribution is 7.89. The average molecular weight is 507 g/mol. The molecule has 2 heterocycles. The van der Waals surface area contributed by atoms with Gasteiger partial charge in [-0.2, -0.15) is 4.72 Å². The highest BCUT2D eigenvalue weighted by Gasteiger charge is 2.27. The first-order chi connectivity index (χ1) is 16.6. The number of carboxylic acids is 1. The lowest BCUT2D eigenvalue weighted by Gasteiger charge is -2.16. The molecule has 0 aliphatic heterocycles. The van der Waals surface area contributed by atoms with E-state index in [1.54, 1.807) is 6.07 Å². The number of aromatic nitrogens is 3. The number of benzene rings is 1. The molecule has 0 saturated carbocycles. The van der Waals surface area contributed by atoms with Crippen LogP contribution in [0.25, 0.3) is 0 Å². The van der Waals surface area contributed by atoms with Gasteiger partial charge in [0.2, 0.25) is 21.7 Å². The number of hydrogen-bond donors (Lipinski definition) is 5. The maximum Gasteiger partial charge on any atom is 0.323 e. The number of nitrogens with zero attached hydrogens (tertiary/aromatic N) is 2. The number of ether oxygens (including phenoxy) is 1. The van der Waals surface area contributed by atoms with Gasteiger partial charge in [-0.15, -0.1) is 0 Å². The van der Waals surface area contributed by atoms with Crippen LogP contribution in [0.3, 0.4) is 0 Å². The zero-order valence-corrected chi connectivity index (χ0v) is 20.0. The van der Waals surface area contributed by atoms with Gasteiger partial charge in [0.25, 0.3) is 11.8 Å². The zero-order chi connectivity index (χ0) is 25.6. The monoisotopic (exact) mass is 506 g/mol. The molecule has 2 aromatic heterocycles. The maximum absolute atomic E-state index is 12.4. The van der Waals surface area contributed by atoms with Gasteiger partial charge in [-0.1, -0.05) is 25.1 Å². The SMILES string of the molecule is CCC(Nc1nc(C)c(C)[nH]1)Oc1cc(C(=O)NCC(NS(=O)(=O)c2ccccc2)C(=O)O)on1. The Bertz CT molecular complexity index is 1250. The third-order valence-electron chi connectivity index (χ3n) is 4.89. The number of rotatable bonds is 12. The lowest BCUT2D eigenvalue weighted by molar-refractivity contribution is -0.138. The van der Waals surface area contributed by atoms with E-state index in [2.05, 4.69) is 30.5 Å². The van der Waals surface area contributed by atoms with Gasteiger partial charge in [-0.25, -0.2) is 13.4 Å². The largest absolute Gasteiger partial charge is 0.480 e. The minimum Gasteiger partial charge on any atom is -0.480 e. The zero-order valence-electron chi connectivity index (χ0n) is 19.2. The number of amides is 1. The van der Waals surface area contributed by atoms with Gasteiger partial charge in [-0.3, -0.25) is 9.59 Å². The van der Waals surface area contributed by atoms with Crippen molar-refractivity contribution in [3.63, 3.8) is 0 Å². The first-order valence-electron chi connectivity index (χ1n) is 10.6. The maximum atomic E-state index is 12.4. The molecule has 3 rings (SSSR count). The Morgan fingerprint density at radius 1 is 1.23 bits per heavy atom. The summed E-state index contributed by atoms with van der Waals surface area (Å²) < 4.78 is 37.5. The molecule has 0 bridgehead atoms. The van der Waals surface area contributed by atoms with E-state index in [0.717, 1.165) is 11.4 Å². The van der Waals surface area contributed by atoms with Gasteiger partial charge in [0, 0.05) is 18.7 Å². The molecule has 1 amide bonds. The van der Waals surface area contributed by atoms with Crippen LogP contribution in [0.4, 0.5) is 5.95 Å². The Balaban J connectivity index is 1.58. The van der Waals surface area contributed by atoms with Crippen molar-refractivity contribution in [2.45, 2.75) is 44.4 Å². The van der Waals surface area contributed by atoms with Gasteiger partial charge in [0.1, 0.15) is 6.04 Å². The molecule has 5 N–H and O–H groups in total. The van der Waals surface area contributed by atoms with E-state index < -0.39 is 40.7 Å². The Labute approximate surface area is 201 Å². The van der Waals surface area contributed by atoms with Crippen LogP contribution in [-0.4, -0.2) is 59.3 Å². The summed E-state index contributed by atoms with van der Waals surface area (Å²) >= 11 is 0. The van der Waals surface area contributed by atoms with Gasteiger partial charge in [-0.05, 0) is 31.1 Å². The number of aryl methyl sites for hydroxylation is 2. The summed E-state index contributed by atoms with van der Waals surface area (Å²) in [5, 5.41) is 18.5. The average Bonchev–Trinajstić information content (AvgIpc) is 3.42. The molecule has 2 atom stereocenters. The van der Waals surface area contributed by atoms with Crippen molar-refractivity contribution >= 4 is 27.8 Å². The number of anilines is 1. The summed E-state index contributed by atoms with van der Waals surface area (Å²) in [4.78, 5) is 31.2. The molecule has 35 heavy (non-hydrogen) atoms. The second kappa shape index (κ2) is 11.0. The van der Waals surface area contributed by atoms with Crippen molar-refractivity contribution < 1.29 is 32.4 Å². The predicted octanol–water partition coefficient (Wildman–Crippen LogP) is 1.40. The molecule has 2 unspecified atom stereocenters. The second-order valence-corrected chi connectivity index (χ2v) is 9.23. The van der Waals surface area contributed by atoms with Gasteiger partial charge in [0.05, 0.1) is 16.7 Å². The summed E-state index contributed by atoms with van der Waals surface area (Å²) in [5.74, 6) is -1.96. The number of carbonyl (C=O) groups is 2. The van der Waals surface area contributed by atoms with Gasteiger partial charge >= 0.3 is 5.97 Å². The molecule has 0 aliphatic rings. The van der Waals surface area contributed by atoms with Crippen LogP contribution >= 0.6 is 0 Å². The molecular formula is C21H26N6O7S. The molecule has 13 nitrogen and oxygen atoms in total. The van der Waals surface area contributed by atoms with Crippen molar-refractivity contribution in [3.05, 3.63) is 53.5 Å². The number of aliphatic carboxylic acids is 1. The minimum absolute atomic E-state index is 0.0223. The van der Waals surface area contributed by atoms with Crippen LogP contribution in [0, 0.1) is 13.8 Å². The lowest BCUT2D eigenvalue weighted by Crippen LogP contribution is -2.48. The molecule has 0 fully saturated rings. The summed E-state index contributed by atoms with van der Waals surface area (Å²) in [6.45, 7) is 5.09. The van der Waals surface area contributed by atoms with Crippen molar-refractivity contribution in [1.29, 1.82) is 0 Å². The van der Waals surface area contributed by atoms with Crippen molar-refractivity contribution in [1.82, 2.24) is 25.2 Å². The van der Waals surface area contributed by atoms with Crippen molar-refractivity contribution in [2.75, 3.05) is 11.9 Å². The Kier molecular flexibility index (Phi) is 8.09. The van der Waals surface area contributed by atoms with Crippen LogP contribution in [0.2, 0.25) is 0 Å². The van der Waals surface area contributed by atoms with Crippen LogP contribution < -0.4 is 20.1 Å². The second-order valence-electron chi connectivity index (χ2n) is 7.52. The fourth-order valence-corrected chi connectivity index (χ4v) is 4.08. The number of H-pyrrole nitrogens is 1. The molecule has 0 radical (unpaired) electrons. The number of carbonyl (C=O) groups excluding carboxylic acids is 1. The van der Waals surface area contributed by atoms with Crippen molar-refractivity contribution in [2.24, 2.45) is 0 Å². The van der Waals surface area contributed by atoms with E-state index in [4.69, 9.17) is 9.26 Å². The smallest absolute Gasteiger partial charge is 0.323 e. The molecule has 0 saturated heterocycles. The van der Waals surface area contributed by atoms with Crippen LogP contribution in [0.15, 0.2) is 45.8 Å². The fraction of sp³-hybridized carbons (Fsp3) is 0.333. The third kappa shape index (κ3) is 6.80. The molecule has 3 aromatic rings. The number of nitrogens with one attached hydrogen (secondary N) is 4. The Hall–Kier alpha value is -3.91. The first kappa shape index (κ1) is 25.7.